The molecule has 0 spiro atoms. The number of nitrogens with zero attached hydrogens (tertiary/aromatic N) is 5. The highest BCUT2D eigenvalue weighted by Crippen LogP contribution is 2.32. The van der Waals surface area contributed by atoms with Gasteiger partial charge < -0.3 is 9.73 Å². The van der Waals surface area contributed by atoms with Gasteiger partial charge in [0.15, 0.2) is 5.76 Å². The number of halogens is 3. The molecule has 1 aromatic carbocycles. The van der Waals surface area contributed by atoms with E-state index in [4.69, 9.17) is 4.42 Å². The number of tetrazole rings is 1. The van der Waals surface area contributed by atoms with Crippen molar-refractivity contribution in [2.45, 2.75) is 58.9 Å². The number of anilines is 1. The topological polar surface area (TPSA) is 106 Å². The summed E-state index contributed by atoms with van der Waals surface area (Å²) in [5.41, 5.74) is -1.64. The molecule has 2 aromatic heterocycles. The first-order chi connectivity index (χ1) is 15.7. The fourth-order valence-corrected chi connectivity index (χ4v) is 3.17. The van der Waals surface area contributed by atoms with Crippen molar-refractivity contribution in [1.29, 1.82) is 0 Å². The summed E-state index contributed by atoms with van der Waals surface area (Å²) < 4.78 is 45.3. The van der Waals surface area contributed by atoms with Gasteiger partial charge in [0.1, 0.15) is 18.3 Å². The van der Waals surface area contributed by atoms with Crippen molar-refractivity contribution >= 4 is 17.5 Å². The normalized spacial score (nSPS) is 12.9. The Morgan fingerprint density at radius 2 is 1.88 bits per heavy atom. The Morgan fingerprint density at radius 3 is 2.47 bits per heavy atom. The van der Waals surface area contributed by atoms with Gasteiger partial charge >= 0.3 is 6.18 Å². The van der Waals surface area contributed by atoms with E-state index in [1.165, 1.54) is 19.1 Å². The standard InChI is InChI=1S/C22H25F3N6O3/c1-13-9-10-17(34-13)19-27-29-30(28-19)12-18(32)31(14(2)20(33)26-21(3,4)5)16-8-6-7-15(11-16)22(23,24)25/h6-11,14H,12H2,1-5H3,(H,26,33). The summed E-state index contributed by atoms with van der Waals surface area (Å²) in [6.45, 7) is 7.98. The third-order valence-corrected chi connectivity index (χ3v) is 4.68. The molecule has 1 N–H and O–H groups in total. The largest absolute Gasteiger partial charge is 0.458 e. The molecule has 0 aliphatic heterocycles. The Balaban J connectivity index is 1.92. The number of aryl methyl sites for hydroxylation is 1. The Morgan fingerprint density at radius 1 is 1.18 bits per heavy atom. The van der Waals surface area contributed by atoms with Crippen LogP contribution in [0.5, 0.6) is 0 Å². The number of carbonyl (C=O) groups is 2. The van der Waals surface area contributed by atoms with Crippen molar-refractivity contribution < 1.29 is 27.2 Å². The lowest BCUT2D eigenvalue weighted by atomic mass is 10.1. The van der Waals surface area contributed by atoms with Crippen LogP contribution in [0.3, 0.4) is 0 Å². The summed E-state index contributed by atoms with van der Waals surface area (Å²) >= 11 is 0. The average Bonchev–Trinajstić information content (AvgIpc) is 3.35. The van der Waals surface area contributed by atoms with Crippen LogP contribution >= 0.6 is 0 Å². The summed E-state index contributed by atoms with van der Waals surface area (Å²) in [7, 11) is 0. The van der Waals surface area contributed by atoms with Gasteiger partial charge in [0.05, 0.1) is 5.56 Å². The second-order valence-electron chi connectivity index (χ2n) is 8.78. The van der Waals surface area contributed by atoms with Crippen molar-refractivity contribution in [1.82, 2.24) is 25.5 Å². The fraction of sp³-hybridized carbons (Fsp3) is 0.409. The third-order valence-electron chi connectivity index (χ3n) is 4.68. The number of hydrogen-bond donors (Lipinski definition) is 1. The summed E-state index contributed by atoms with van der Waals surface area (Å²) in [4.78, 5) is 28.0. The van der Waals surface area contributed by atoms with Gasteiger partial charge in [-0.2, -0.15) is 18.0 Å². The van der Waals surface area contributed by atoms with Gasteiger partial charge in [-0.15, -0.1) is 10.2 Å². The average molecular weight is 478 g/mol. The van der Waals surface area contributed by atoms with E-state index in [-0.39, 0.29) is 11.5 Å². The van der Waals surface area contributed by atoms with Gasteiger partial charge in [-0.05, 0) is 70.2 Å². The number of amides is 2. The Bertz CT molecular complexity index is 1180. The van der Waals surface area contributed by atoms with Crippen LogP contribution in [-0.4, -0.2) is 43.6 Å². The molecule has 2 heterocycles. The zero-order chi connectivity index (χ0) is 25.3. The molecule has 1 atom stereocenters. The number of aromatic nitrogens is 4. The molecule has 0 fully saturated rings. The number of carbonyl (C=O) groups excluding carboxylic acids is 2. The van der Waals surface area contributed by atoms with Crippen LogP contribution in [0, 0.1) is 6.92 Å². The molecular weight excluding hydrogens is 453 g/mol. The highest BCUT2D eigenvalue weighted by molar-refractivity contribution is 6.00. The number of alkyl halides is 3. The molecule has 2 amide bonds. The highest BCUT2D eigenvalue weighted by atomic mass is 19.4. The second kappa shape index (κ2) is 9.27. The lowest BCUT2D eigenvalue weighted by Gasteiger charge is -2.31. The minimum Gasteiger partial charge on any atom is -0.458 e. The van der Waals surface area contributed by atoms with Crippen molar-refractivity contribution in [2.75, 3.05) is 4.90 Å². The SMILES string of the molecule is Cc1ccc(-c2nnn(CC(=O)N(c3cccc(C(F)(F)F)c3)C(C)C(=O)NC(C)(C)C)n2)o1. The lowest BCUT2D eigenvalue weighted by molar-refractivity contribution is -0.137. The first-order valence-electron chi connectivity index (χ1n) is 10.4. The van der Waals surface area contributed by atoms with Gasteiger partial charge in [-0.25, -0.2) is 0 Å². The van der Waals surface area contributed by atoms with Gasteiger partial charge in [0.25, 0.3) is 5.91 Å². The quantitative estimate of drug-likeness (QED) is 0.580. The van der Waals surface area contributed by atoms with Gasteiger partial charge in [0.2, 0.25) is 11.7 Å². The lowest BCUT2D eigenvalue weighted by Crippen LogP contribution is -2.53. The van der Waals surface area contributed by atoms with Gasteiger partial charge in [-0.3, -0.25) is 14.5 Å². The third kappa shape index (κ3) is 6.00. The van der Waals surface area contributed by atoms with E-state index in [2.05, 4.69) is 20.7 Å². The van der Waals surface area contributed by atoms with Crippen LogP contribution in [0.15, 0.2) is 40.8 Å². The molecule has 3 aromatic rings. The zero-order valence-electron chi connectivity index (χ0n) is 19.3. The molecule has 182 valence electrons. The number of furan rings is 1. The predicted octanol–water partition coefficient (Wildman–Crippen LogP) is 3.60. The van der Waals surface area contributed by atoms with Crippen LogP contribution < -0.4 is 10.2 Å². The van der Waals surface area contributed by atoms with E-state index in [0.717, 1.165) is 21.8 Å². The van der Waals surface area contributed by atoms with E-state index in [9.17, 15) is 22.8 Å². The molecular formula is C22H25F3N6O3. The molecule has 0 bridgehead atoms. The highest BCUT2D eigenvalue weighted by Gasteiger charge is 2.34. The van der Waals surface area contributed by atoms with Crippen molar-refractivity contribution in [3.8, 4) is 11.6 Å². The van der Waals surface area contributed by atoms with E-state index in [0.29, 0.717) is 11.5 Å². The molecule has 34 heavy (non-hydrogen) atoms. The monoisotopic (exact) mass is 478 g/mol. The Kier molecular flexibility index (Phi) is 6.80. The molecule has 0 aliphatic carbocycles. The first kappa shape index (κ1) is 24.9. The molecule has 0 radical (unpaired) electrons. The van der Waals surface area contributed by atoms with E-state index in [1.54, 1.807) is 39.8 Å². The smallest absolute Gasteiger partial charge is 0.416 e. The van der Waals surface area contributed by atoms with Gasteiger partial charge in [0, 0.05) is 11.2 Å². The van der Waals surface area contributed by atoms with Gasteiger partial charge in [-0.1, -0.05) is 6.07 Å². The maximum atomic E-state index is 13.3. The molecule has 9 nitrogen and oxygen atoms in total. The maximum absolute atomic E-state index is 13.3. The van der Waals surface area contributed by atoms with E-state index >= 15 is 0 Å². The Labute approximate surface area is 193 Å². The number of rotatable bonds is 6. The van der Waals surface area contributed by atoms with Crippen LogP contribution in [-0.2, 0) is 22.3 Å². The van der Waals surface area contributed by atoms with E-state index < -0.39 is 41.7 Å². The molecule has 0 saturated carbocycles. The molecule has 12 heteroatoms. The van der Waals surface area contributed by atoms with Crippen LogP contribution in [0.1, 0.15) is 39.0 Å². The zero-order valence-corrected chi connectivity index (χ0v) is 19.3. The minimum absolute atomic E-state index is 0.0848. The number of nitrogens with one attached hydrogen (secondary N) is 1. The number of benzene rings is 1. The predicted molar refractivity (Wildman–Crippen MR) is 117 cm³/mol. The second-order valence-corrected chi connectivity index (χ2v) is 8.78. The van der Waals surface area contributed by atoms with Crippen LogP contribution in [0.2, 0.25) is 0 Å². The van der Waals surface area contributed by atoms with Crippen LogP contribution in [0.25, 0.3) is 11.6 Å². The number of hydrogen-bond acceptors (Lipinski definition) is 6. The fourth-order valence-electron chi connectivity index (χ4n) is 3.17. The summed E-state index contributed by atoms with van der Waals surface area (Å²) in [6, 6.07) is 6.47. The van der Waals surface area contributed by atoms with Crippen molar-refractivity contribution in [3.63, 3.8) is 0 Å². The summed E-state index contributed by atoms with van der Waals surface area (Å²) in [6.07, 6.45) is -4.62. The van der Waals surface area contributed by atoms with Crippen molar-refractivity contribution in [2.24, 2.45) is 0 Å². The first-order valence-corrected chi connectivity index (χ1v) is 10.4. The molecule has 0 saturated heterocycles. The van der Waals surface area contributed by atoms with Crippen molar-refractivity contribution in [3.05, 3.63) is 47.7 Å². The summed E-state index contributed by atoms with van der Waals surface area (Å²) in [5.74, 6) is -0.0993. The summed E-state index contributed by atoms with van der Waals surface area (Å²) in [5, 5.41) is 14.5. The van der Waals surface area contributed by atoms with E-state index in [1.807, 2.05) is 0 Å². The Hall–Kier alpha value is -3.70. The van der Waals surface area contributed by atoms with Crippen LogP contribution in [0.4, 0.5) is 18.9 Å². The minimum atomic E-state index is -4.62. The maximum Gasteiger partial charge on any atom is 0.416 e. The molecule has 0 aliphatic rings. The molecule has 3 rings (SSSR count). The molecule has 1 unspecified atom stereocenters.